The van der Waals surface area contributed by atoms with Gasteiger partial charge in [0, 0.05) is 5.88 Å². The molecule has 11 heavy (non-hydrogen) atoms. The maximum atomic E-state index is 8.67. The molecule has 0 fully saturated rings. The SMILES string of the molecule is Cc1ccc(CCl)c(C#N)c1. The summed E-state index contributed by atoms with van der Waals surface area (Å²) >= 11 is 5.61. The lowest BCUT2D eigenvalue weighted by Crippen LogP contribution is -1.86. The van der Waals surface area contributed by atoms with Crippen LogP contribution >= 0.6 is 11.6 Å². The molecule has 0 unspecified atom stereocenters. The lowest BCUT2D eigenvalue weighted by Gasteiger charge is -1.98. The zero-order chi connectivity index (χ0) is 8.27. The van der Waals surface area contributed by atoms with Gasteiger partial charge >= 0.3 is 0 Å². The molecule has 0 aliphatic heterocycles. The van der Waals surface area contributed by atoms with E-state index in [1.807, 2.05) is 25.1 Å². The Morgan fingerprint density at radius 1 is 1.55 bits per heavy atom. The molecule has 1 aromatic carbocycles. The fourth-order valence-corrected chi connectivity index (χ4v) is 1.14. The average molecular weight is 166 g/mol. The summed E-state index contributed by atoms with van der Waals surface area (Å²) in [7, 11) is 0. The molecule has 0 spiro atoms. The number of nitriles is 1. The molecule has 1 nitrogen and oxygen atoms in total. The molecule has 0 atom stereocenters. The van der Waals surface area contributed by atoms with Gasteiger partial charge in [0.05, 0.1) is 11.6 Å². The Balaban J connectivity index is 3.19. The van der Waals surface area contributed by atoms with Gasteiger partial charge in [-0.15, -0.1) is 11.6 Å². The second-order valence-corrected chi connectivity index (χ2v) is 2.67. The van der Waals surface area contributed by atoms with E-state index in [-0.39, 0.29) is 0 Å². The van der Waals surface area contributed by atoms with Crippen molar-refractivity contribution < 1.29 is 0 Å². The van der Waals surface area contributed by atoms with Crippen LogP contribution in [0.15, 0.2) is 18.2 Å². The van der Waals surface area contributed by atoms with E-state index in [2.05, 4.69) is 6.07 Å². The first kappa shape index (κ1) is 8.10. The van der Waals surface area contributed by atoms with Crippen LogP contribution in [-0.4, -0.2) is 0 Å². The minimum Gasteiger partial charge on any atom is -0.192 e. The van der Waals surface area contributed by atoms with Gasteiger partial charge in [0.1, 0.15) is 0 Å². The van der Waals surface area contributed by atoms with E-state index in [1.54, 1.807) is 0 Å². The van der Waals surface area contributed by atoms with Gasteiger partial charge in [-0.3, -0.25) is 0 Å². The Bertz CT molecular complexity index is 299. The van der Waals surface area contributed by atoms with E-state index in [0.717, 1.165) is 11.1 Å². The van der Waals surface area contributed by atoms with Crippen LogP contribution in [-0.2, 0) is 5.88 Å². The molecule has 0 saturated heterocycles. The highest BCUT2D eigenvalue weighted by molar-refractivity contribution is 6.17. The van der Waals surface area contributed by atoms with Crippen molar-refractivity contribution in [3.8, 4) is 6.07 Å². The van der Waals surface area contributed by atoms with Gasteiger partial charge in [-0.05, 0) is 24.1 Å². The fraction of sp³-hybridized carbons (Fsp3) is 0.222. The highest BCUT2D eigenvalue weighted by Crippen LogP contribution is 2.12. The van der Waals surface area contributed by atoms with E-state index in [9.17, 15) is 0 Å². The predicted octanol–water partition coefficient (Wildman–Crippen LogP) is 2.61. The third kappa shape index (κ3) is 1.72. The number of aryl methyl sites for hydroxylation is 1. The van der Waals surface area contributed by atoms with E-state index >= 15 is 0 Å². The summed E-state index contributed by atoms with van der Waals surface area (Å²) in [5.74, 6) is 0.406. The van der Waals surface area contributed by atoms with Crippen molar-refractivity contribution in [2.45, 2.75) is 12.8 Å². The van der Waals surface area contributed by atoms with E-state index in [0.29, 0.717) is 11.4 Å². The van der Waals surface area contributed by atoms with Gasteiger partial charge in [-0.2, -0.15) is 5.26 Å². The van der Waals surface area contributed by atoms with Crippen molar-refractivity contribution in [3.63, 3.8) is 0 Å². The minimum absolute atomic E-state index is 0.406. The first-order valence-corrected chi connectivity index (χ1v) is 3.87. The number of benzene rings is 1. The Morgan fingerprint density at radius 2 is 2.27 bits per heavy atom. The van der Waals surface area contributed by atoms with Gasteiger partial charge in [-0.1, -0.05) is 12.1 Å². The third-order valence-corrected chi connectivity index (χ3v) is 1.82. The average Bonchev–Trinajstić information content (AvgIpc) is 2.04. The van der Waals surface area contributed by atoms with Crippen molar-refractivity contribution >= 4 is 11.6 Å². The molecular formula is C9H8ClN. The molecule has 0 amide bonds. The summed E-state index contributed by atoms with van der Waals surface area (Å²) in [4.78, 5) is 0. The third-order valence-electron chi connectivity index (χ3n) is 1.53. The van der Waals surface area contributed by atoms with Crippen molar-refractivity contribution in [2.75, 3.05) is 0 Å². The molecule has 2 heteroatoms. The van der Waals surface area contributed by atoms with Crippen molar-refractivity contribution in [1.29, 1.82) is 5.26 Å². The molecule has 1 aromatic rings. The van der Waals surface area contributed by atoms with Gasteiger partial charge in [0.15, 0.2) is 0 Å². The second-order valence-electron chi connectivity index (χ2n) is 2.41. The summed E-state index contributed by atoms with van der Waals surface area (Å²) in [5.41, 5.74) is 2.68. The summed E-state index contributed by atoms with van der Waals surface area (Å²) < 4.78 is 0. The molecule has 56 valence electrons. The highest BCUT2D eigenvalue weighted by atomic mass is 35.5. The first-order valence-electron chi connectivity index (χ1n) is 3.33. The maximum Gasteiger partial charge on any atom is 0.0995 e. The van der Waals surface area contributed by atoms with E-state index in [1.165, 1.54) is 0 Å². The van der Waals surface area contributed by atoms with Gasteiger partial charge in [0.2, 0.25) is 0 Å². The largest absolute Gasteiger partial charge is 0.192 e. The monoisotopic (exact) mass is 165 g/mol. The van der Waals surface area contributed by atoms with E-state index in [4.69, 9.17) is 16.9 Å². The molecule has 0 saturated carbocycles. The van der Waals surface area contributed by atoms with Crippen LogP contribution in [0.25, 0.3) is 0 Å². The number of hydrogen-bond donors (Lipinski definition) is 0. The number of rotatable bonds is 1. The normalized spacial score (nSPS) is 9.18. The molecule has 0 radical (unpaired) electrons. The van der Waals surface area contributed by atoms with Crippen molar-refractivity contribution in [2.24, 2.45) is 0 Å². The summed E-state index contributed by atoms with van der Waals surface area (Å²) in [6, 6.07) is 7.79. The molecule has 0 aromatic heterocycles. The molecule has 0 aliphatic rings. The van der Waals surface area contributed by atoms with Crippen LogP contribution in [0.2, 0.25) is 0 Å². The highest BCUT2D eigenvalue weighted by Gasteiger charge is 1.98. The zero-order valence-corrected chi connectivity index (χ0v) is 7.02. The summed E-state index contributed by atoms with van der Waals surface area (Å²) in [5, 5.41) is 8.67. The van der Waals surface area contributed by atoms with Crippen LogP contribution < -0.4 is 0 Å². The number of nitrogens with zero attached hydrogens (tertiary/aromatic N) is 1. The van der Waals surface area contributed by atoms with E-state index < -0.39 is 0 Å². The van der Waals surface area contributed by atoms with Crippen LogP contribution in [0.3, 0.4) is 0 Å². The quantitative estimate of drug-likeness (QED) is 0.587. The van der Waals surface area contributed by atoms with Crippen LogP contribution in [0.4, 0.5) is 0 Å². The lowest BCUT2D eigenvalue weighted by molar-refractivity contribution is 1.31. The standard InChI is InChI=1S/C9H8ClN/c1-7-2-3-8(5-10)9(4-7)6-11/h2-4H,5H2,1H3. The molecule has 0 aliphatic carbocycles. The number of hydrogen-bond acceptors (Lipinski definition) is 1. The number of halogens is 1. The Labute approximate surface area is 71.2 Å². The molecule has 1 rings (SSSR count). The second kappa shape index (κ2) is 3.41. The molecule has 0 bridgehead atoms. The smallest absolute Gasteiger partial charge is 0.0995 e. The topological polar surface area (TPSA) is 23.8 Å². The van der Waals surface area contributed by atoms with Crippen LogP contribution in [0, 0.1) is 18.3 Å². The summed E-state index contributed by atoms with van der Waals surface area (Å²) in [6.07, 6.45) is 0. The first-order chi connectivity index (χ1) is 5.27. The van der Waals surface area contributed by atoms with Gasteiger partial charge in [0.25, 0.3) is 0 Å². The lowest BCUT2D eigenvalue weighted by atomic mass is 10.1. The minimum atomic E-state index is 0.406. The van der Waals surface area contributed by atoms with Gasteiger partial charge < -0.3 is 0 Å². The molecular weight excluding hydrogens is 158 g/mol. The Hall–Kier alpha value is -1.00. The maximum absolute atomic E-state index is 8.67. The Morgan fingerprint density at radius 3 is 2.82 bits per heavy atom. The fourth-order valence-electron chi connectivity index (χ4n) is 0.911. The predicted molar refractivity (Wildman–Crippen MR) is 45.5 cm³/mol. The van der Waals surface area contributed by atoms with Crippen LogP contribution in [0.5, 0.6) is 0 Å². The van der Waals surface area contributed by atoms with Crippen molar-refractivity contribution in [1.82, 2.24) is 0 Å². The van der Waals surface area contributed by atoms with Crippen molar-refractivity contribution in [3.05, 3.63) is 34.9 Å². The molecule has 0 heterocycles. The van der Waals surface area contributed by atoms with Gasteiger partial charge in [-0.25, -0.2) is 0 Å². The van der Waals surface area contributed by atoms with Crippen LogP contribution in [0.1, 0.15) is 16.7 Å². The zero-order valence-electron chi connectivity index (χ0n) is 6.26. The molecule has 0 N–H and O–H groups in total. The number of alkyl halides is 1. The summed E-state index contributed by atoms with van der Waals surface area (Å²) in [6.45, 7) is 1.96. The Kier molecular flexibility index (Phi) is 2.51.